The van der Waals surface area contributed by atoms with Crippen LogP contribution in [0.2, 0.25) is 0 Å². The van der Waals surface area contributed by atoms with Gasteiger partial charge in [0.15, 0.2) is 11.6 Å². The van der Waals surface area contributed by atoms with Crippen molar-refractivity contribution in [3.8, 4) is 0 Å². The van der Waals surface area contributed by atoms with E-state index in [4.69, 9.17) is 0 Å². The minimum absolute atomic E-state index is 0.0365. The highest BCUT2D eigenvalue weighted by Crippen LogP contribution is 2.27. The Morgan fingerprint density at radius 2 is 1.71 bits per heavy atom. The highest BCUT2D eigenvalue weighted by molar-refractivity contribution is 5.82. The van der Waals surface area contributed by atoms with Crippen LogP contribution in [0.1, 0.15) is 5.56 Å². The molecule has 0 aliphatic rings. The Bertz CT molecular complexity index is 514. The second-order valence-corrected chi connectivity index (χ2v) is 3.26. The van der Waals surface area contributed by atoms with Gasteiger partial charge in [0, 0.05) is 24.2 Å². The van der Waals surface area contributed by atoms with E-state index >= 15 is 0 Å². The number of hydrogen-bond donors (Lipinski definition) is 0. The Morgan fingerprint density at radius 1 is 1.07 bits per heavy atom. The number of aryl methyl sites for hydroxylation is 1. The summed E-state index contributed by atoms with van der Waals surface area (Å²) in [5.41, 5.74) is -0.313. The van der Waals surface area contributed by atoms with Gasteiger partial charge in [-0.3, -0.25) is 0 Å². The molecule has 0 N–H and O–H groups in total. The summed E-state index contributed by atoms with van der Waals surface area (Å²) in [4.78, 5) is 0. The van der Waals surface area contributed by atoms with Crippen molar-refractivity contribution in [2.24, 2.45) is 7.05 Å². The van der Waals surface area contributed by atoms with Crippen LogP contribution in [0.3, 0.4) is 0 Å². The smallest absolute Gasteiger partial charge is 0.183 e. The van der Waals surface area contributed by atoms with Gasteiger partial charge in [-0.1, -0.05) is 0 Å². The van der Waals surface area contributed by atoms with Gasteiger partial charge < -0.3 is 4.57 Å². The third-order valence-corrected chi connectivity index (χ3v) is 2.37. The standard InChI is InChI=1S/C10H8F3N/c1-5-7(11)6-3-4-14(2)10(6)9(13)8(5)12/h3-4H,1-2H3. The lowest BCUT2D eigenvalue weighted by molar-refractivity contribution is 0.494. The molecule has 0 radical (unpaired) electrons. The summed E-state index contributed by atoms with van der Waals surface area (Å²) in [6.07, 6.45) is 1.50. The number of nitrogens with zero attached hydrogens (tertiary/aromatic N) is 1. The molecule has 0 amide bonds. The first-order valence-electron chi connectivity index (χ1n) is 4.12. The fourth-order valence-corrected chi connectivity index (χ4v) is 1.55. The maximum atomic E-state index is 13.4. The monoisotopic (exact) mass is 199 g/mol. The highest BCUT2D eigenvalue weighted by Gasteiger charge is 2.18. The summed E-state index contributed by atoms with van der Waals surface area (Å²) < 4.78 is 41.3. The molecule has 0 bridgehead atoms. The van der Waals surface area contributed by atoms with Gasteiger partial charge in [-0.2, -0.15) is 0 Å². The molecular weight excluding hydrogens is 191 g/mol. The molecule has 0 aliphatic heterocycles. The Labute approximate surface area is 78.8 Å². The van der Waals surface area contributed by atoms with Crippen LogP contribution in [0.15, 0.2) is 12.3 Å². The highest BCUT2D eigenvalue weighted by atomic mass is 19.2. The molecule has 1 nitrogen and oxygen atoms in total. The third-order valence-electron chi connectivity index (χ3n) is 2.37. The Hall–Kier alpha value is -1.45. The van der Waals surface area contributed by atoms with Gasteiger partial charge in [-0.25, -0.2) is 13.2 Å². The number of fused-ring (bicyclic) bond motifs is 1. The van der Waals surface area contributed by atoms with Gasteiger partial charge >= 0.3 is 0 Å². The zero-order valence-corrected chi connectivity index (χ0v) is 7.74. The third kappa shape index (κ3) is 0.967. The van der Waals surface area contributed by atoms with E-state index in [1.54, 1.807) is 7.05 Å². The van der Waals surface area contributed by atoms with Crippen LogP contribution in [0.5, 0.6) is 0 Å². The van der Waals surface area contributed by atoms with Crippen LogP contribution >= 0.6 is 0 Å². The molecule has 0 saturated heterocycles. The predicted molar refractivity (Wildman–Crippen MR) is 47.5 cm³/mol. The Kier molecular flexibility index (Phi) is 1.80. The normalized spacial score (nSPS) is 11.2. The van der Waals surface area contributed by atoms with Crippen molar-refractivity contribution in [1.29, 1.82) is 0 Å². The van der Waals surface area contributed by atoms with Gasteiger partial charge in [0.25, 0.3) is 0 Å². The van der Waals surface area contributed by atoms with Crippen LogP contribution in [0, 0.1) is 24.4 Å². The number of hydrogen-bond acceptors (Lipinski definition) is 0. The van der Waals surface area contributed by atoms with Crippen molar-refractivity contribution in [3.05, 3.63) is 35.3 Å². The molecule has 1 aromatic carbocycles. The minimum Gasteiger partial charge on any atom is -0.348 e. The van der Waals surface area contributed by atoms with Crippen molar-refractivity contribution in [1.82, 2.24) is 4.57 Å². The van der Waals surface area contributed by atoms with E-state index < -0.39 is 17.5 Å². The molecule has 74 valence electrons. The fraction of sp³-hybridized carbons (Fsp3) is 0.200. The number of benzene rings is 1. The van der Waals surface area contributed by atoms with E-state index in [2.05, 4.69) is 0 Å². The van der Waals surface area contributed by atoms with Crippen LogP contribution in [-0.4, -0.2) is 4.57 Å². The van der Waals surface area contributed by atoms with E-state index in [0.717, 1.165) is 0 Å². The van der Waals surface area contributed by atoms with E-state index in [-0.39, 0.29) is 16.5 Å². The molecule has 0 spiro atoms. The van der Waals surface area contributed by atoms with Crippen LogP contribution in [0.4, 0.5) is 13.2 Å². The molecular formula is C10H8F3N. The van der Waals surface area contributed by atoms with Gasteiger partial charge in [0.2, 0.25) is 0 Å². The van der Waals surface area contributed by atoms with Gasteiger partial charge in [0.1, 0.15) is 5.82 Å². The lowest BCUT2D eigenvalue weighted by atomic mass is 10.1. The van der Waals surface area contributed by atoms with Crippen LogP contribution in [0.25, 0.3) is 10.9 Å². The van der Waals surface area contributed by atoms with Gasteiger partial charge in [0.05, 0.1) is 5.52 Å². The predicted octanol–water partition coefficient (Wildman–Crippen LogP) is 2.90. The average molecular weight is 199 g/mol. The summed E-state index contributed by atoms with van der Waals surface area (Å²) in [5, 5.41) is 0.115. The summed E-state index contributed by atoms with van der Waals surface area (Å²) >= 11 is 0. The molecule has 0 unspecified atom stereocenters. The van der Waals surface area contributed by atoms with Crippen molar-refractivity contribution in [3.63, 3.8) is 0 Å². The molecule has 0 saturated carbocycles. The van der Waals surface area contributed by atoms with E-state index in [1.807, 2.05) is 0 Å². The minimum atomic E-state index is -1.11. The summed E-state index contributed by atoms with van der Waals surface area (Å²) in [7, 11) is 1.54. The van der Waals surface area contributed by atoms with Gasteiger partial charge in [-0.05, 0) is 13.0 Å². The first kappa shape index (κ1) is 9.12. The molecule has 0 fully saturated rings. The van der Waals surface area contributed by atoms with Crippen LogP contribution in [-0.2, 0) is 7.05 Å². The Balaban J connectivity index is 3.05. The zero-order chi connectivity index (χ0) is 10.5. The van der Waals surface area contributed by atoms with Crippen molar-refractivity contribution < 1.29 is 13.2 Å². The van der Waals surface area contributed by atoms with E-state index in [0.29, 0.717) is 0 Å². The molecule has 1 aromatic heterocycles. The molecule has 0 aliphatic carbocycles. The number of rotatable bonds is 0. The molecule has 4 heteroatoms. The summed E-state index contributed by atoms with van der Waals surface area (Å²) in [6, 6.07) is 1.43. The van der Waals surface area contributed by atoms with E-state index in [1.165, 1.54) is 23.8 Å². The maximum Gasteiger partial charge on any atom is 0.183 e. The average Bonchev–Trinajstić information content (AvgIpc) is 2.54. The maximum absolute atomic E-state index is 13.4. The summed E-state index contributed by atoms with van der Waals surface area (Å²) in [5.74, 6) is -2.80. The quantitative estimate of drug-likeness (QED) is 0.575. The first-order valence-corrected chi connectivity index (χ1v) is 4.12. The van der Waals surface area contributed by atoms with Crippen molar-refractivity contribution in [2.45, 2.75) is 6.92 Å². The Morgan fingerprint density at radius 3 is 2.36 bits per heavy atom. The number of halogens is 3. The largest absolute Gasteiger partial charge is 0.348 e. The second-order valence-electron chi connectivity index (χ2n) is 3.26. The molecule has 0 atom stereocenters. The fourth-order valence-electron chi connectivity index (χ4n) is 1.55. The summed E-state index contributed by atoms with van der Waals surface area (Å²) in [6.45, 7) is 1.22. The van der Waals surface area contributed by atoms with Crippen LogP contribution < -0.4 is 0 Å². The number of aromatic nitrogens is 1. The van der Waals surface area contributed by atoms with Gasteiger partial charge in [-0.15, -0.1) is 0 Å². The molecule has 14 heavy (non-hydrogen) atoms. The lowest BCUT2D eigenvalue weighted by Crippen LogP contribution is -1.98. The second kappa shape index (κ2) is 2.77. The lowest BCUT2D eigenvalue weighted by Gasteiger charge is -2.04. The molecule has 2 aromatic rings. The van der Waals surface area contributed by atoms with Crippen molar-refractivity contribution >= 4 is 10.9 Å². The SMILES string of the molecule is Cc1c(F)c(F)c2c(ccn2C)c1F. The molecule has 1 heterocycles. The topological polar surface area (TPSA) is 4.93 Å². The zero-order valence-electron chi connectivity index (χ0n) is 7.74. The van der Waals surface area contributed by atoms with Crippen molar-refractivity contribution in [2.75, 3.05) is 0 Å². The van der Waals surface area contributed by atoms with E-state index in [9.17, 15) is 13.2 Å². The molecule has 2 rings (SSSR count). The first-order chi connectivity index (χ1) is 6.54.